The summed E-state index contributed by atoms with van der Waals surface area (Å²) in [4.78, 5) is 19.5. The summed E-state index contributed by atoms with van der Waals surface area (Å²) in [6.07, 6.45) is 4.22. The molecule has 1 amide bonds. The first-order chi connectivity index (χ1) is 14.1. The summed E-state index contributed by atoms with van der Waals surface area (Å²) in [6, 6.07) is 16.6. The van der Waals surface area contributed by atoms with Crippen LogP contribution in [0.1, 0.15) is 34.8 Å². The van der Waals surface area contributed by atoms with Gasteiger partial charge in [-0.05, 0) is 38.0 Å². The second-order valence-electron chi connectivity index (χ2n) is 7.74. The zero-order chi connectivity index (χ0) is 20.2. The predicted molar refractivity (Wildman–Crippen MR) is 113 cm³/mol. The van der Waals surface area contributed by atoms with Gasteiger partial charge in [-0.15, -0.1) is 0 Å². The summed E-state index contributed by atoms with van der Waals surface area (Å²) in [7, 11) is 0. The van der Waals surface area contributed by atoms with Crippen LogP contribution in [0.3, 0.4) is 0 Å². The Bertz CT molecular complexity index is 955. The largest absolute Gasteiger partial charge is 0.335 e. The minimum absolute atomic E-state index is 0.0510. The summed E-state index contributed by atoms with van der Waals surface area (Å²) in [5.41, 5.74) is 3.75. The van der Waals surface area contributed by atoms with Gasteiger partial charge in [0.05, 0.1) is 23.6 Å². The van der Waals surface area contributed by atoms with Crippen molar-refractivity contribution >= 4 is 5.91 Å². The SMILES string of the molecule is Cc1ccc(-n2nccn2)c(C(=O)N2CCN(Cc3ccccc3)CCC2C)c1. The first-order valence-electron chi connectivity index (χ1n) is 10.2. The van der Waals surface area contributed by atoms with Gasteiger partial charge >= 0.3 is 0 Å². The molecule has 150 valence electrons. The molecule has 6 heteroatoms. The van der Waals surface area contributed by atoms with E-state index in [9.17, 15) is 4.79 Å². The lowest BCUT2D eigenvalue weighted by Crippen LogP contribution is -2.40. The van der Waals surface area contributed by atoms with Crippen LogP contribution in [0.4, 0.5) is 0 Å². The fraction of sp³-hybridized carbons (Fsp3) is 0.348. The highest BCUT2D eigenvalue weighted by Crippen LogP contribution is 2.21. The topological polar surface area (TPSA) is 54.3 Å². The Morgan fingerprint density at radius 3 is 2.55 bits per heavy atom. The van der Waals surface area contributed by atoms with Crippen LogP contribution in [0.25, 0.3) is 5.69 Å². The molecular formula is C23H27N5O. The highest BCUT2D eigenvalue weighted by atomic mass is 16.2. The van der Waals surface area contributed by atoms with Gasteiger partial charge in [-0.2, -0.15) is 15.0 Å². The van der Waals surface area contributed by atoms with Crippen LogP contribution in [-0.4, -0.2) is 56.4 Å². The molecule has 1 fully saturated rings. The maximum Gasteiger partial charge on any atom is 0.256 e. The summed E-state index contributed by atoms with van der Waals surface area (Å²) in [5, 5.41) is 8.45. The van der Waals surface area contributed by atoms with E-state index >= 15 is 0 Å². The van der Waals surface area contributed by atoms with Crippen molar-refractivity contribution in [1.82, 2.24) is 24.8 Å². The van der Waals surface area contributed by atoms with Gasteiger partial charge in [-0.1, -0.05) is 42.0 Å². The van der Waals surface area contributed by atoms with Crippen molar-refractivity contribution in [3.8, 4) is 5.69 Å². The van der Waals surface area contributed by atoms with Gasteiger partial charge in [0.15, 0.2) is 0 Å². The molecule has 0 aliphatic carbocycles. The van der Waals surface area contributed by atoms with Crippen molar-refractivity contribution in [3.05, 3.63) is 77.6 Å². The van der Waals surface area contributed by atoms with Crippen molar-refractivity contribution in [2.24, 2.45) is 0 Å². The first-order valence-corrected chi connectivity index (χ1v) is 10.2. The minimum Gasteiger partial charge on any atom is -0.335 e. The molecule has 1 aromatic heterocycles. The highest BCUT2D eigenvalue weighted by Gasteiger charge is 2.27. The second kappa shape index (κ2) is 8.57. The third-order valence-electron chi connectivity index (χ3n) is 5.58. The molecule has 1 aliphatic heterocycles. The number of rotatable bonds is 4. The zero-order valence-corrected chi connectivity index (χ0v) is 17.0. The molecule has 1 atom stereocenters. The van der Waals surface area contributed by atoms with Gasteiger partial charge in [0.1, 0.15) is 0 Å². The van der Waals surface area contributed by atoms with E-state index in [4.69, 9.17) is 0 Å². The van der Waals surface area contributed by atoms with Crippen molar-refractivity contribution in [2.45, 2.75) is 32.9 Å². The van der Waals surface area contributed by atoms with Crippen LogP contribution < -0.4 is 0 Å². The third kappa shape index (κ3) is 4.38. The average Bonchev–Trinajstić information content (AvgIpc) is 3.20. The number of hydrogen-bond acceptors (Lipinski definition) is 4. The third-order valence-corrected chi connectivity index (χ3v) is 5.58. The molecule has 2 heterocycles. The van der Waals surface area contributed by atoms with Crippen molar-refractivity contribution in [3.63, 3.8) is 0 Å². The molecular weight excluding hydrogens is 362 g/mol. The van der Waals surface area contributed by atoms with E-state index in [1.165, 1.54) is 10.4 Å². The van der Waals surface area contributed by atoms with Crippen LogP contribution >= 0.6 is 0 Å². The molecule has 0 bridgehead atoms. The predicted octanol–water partition coefficient (Wildman–Crippen LogP) is 3.31. The monoisotopic (exact) mass is 389 g/mol. The Morgan fingerprint density at radius 2 is 1.79 bits per heavy atom. The van der Waals surface area contributed by atoms with Crippen molar-refractivity contribution in [1.29, 1.82) is 0 Å². The number of aryl methyl sites for hydroxylation is 1. The number of amides is 1. The molecule has 1 unspecified atom stereocenters. The van der Waals surface area contributed by atoms with E-state index in [1.54, 1.807) is 12.4 Å². The van der Waals surface area contributed by atoms with Crippen molar-refractivity contribution < 1.29 is 4.79 Å². The molecule has 0 saturated carbocycles. The molecule has 0 spiro atoms. The molecule has 3 aromatic rings. The van der Waals surface area contributed by atoms with Crippen LogP contribution in [0, 0.1) is 6.92 Å². The number of carbonyl (C=O) groups is 1. The Hall–Kier alpha value is -2.99. The van der Waals surface area contributed by atoms with E-state index in [0.29, 0.717) is 12.1 Å². The van der Waals surface area contributed by atoms with Gasteiger partial charge in [-0.25, -0.2) is 0 Å². The quantitative estimate of drug-likeness (QED) is 0.687. The van der Waals surface area contributed by atoms with Crippen LogP contribution in [0.2, 0.25) is 0 Å². The van der Waals surface area contributed by atoms with Crippen molar-refractivity contribution in [2.75, 3.05) is 19.6 Å². The lowest BCUT2D eigenvalue weighted by Gasteiger charge is -2.27. The molecule has 6 nitrogen and oxygen atoms in total. The fourth-order valence-electron chi connectivity index (χ4n) is 3.90. The van der Waals surface area contributed by atoms with E-state index < -0.39 is 0 Å². The summed E-state index contributed by atoms with van der Waals surface area (Å²) in [5.74, 6) is 0.0510. The molecule has 0 radical (unpaired) electrons. The Balaban J connectivity index is 1.54. The zero-order valence-electron chi connectivity index (χ0n) is 17.0. The van der Waals surface area contributed by atoms with E-state index in [0.717, 1.165) is 37.3 Å². The van der Waals surface area contributed by atoms with Gasteiger partial charge in [-0.3, -0.25) is 9.69 Å². The molecule has 1 saturated heterocycles. The Morgan fingerprint density at radius 1 is 1.03 bits per heavy atom. The van der Waals surface area contributed by atoms with E-state index in [2.05, 4.69) is 46.3 Å². The highest BCUT2D eigenvalue weighted by molar-refractivity contribution is 5.98. The van der Waals surface area contributed by atoms with Gasteiger partial charge in [0, 0.05) is 32.2 Å². The average molecular weight is 390 g/mol. The van der Waals surface area contributed by atoms with Gasteiger partial charge < -0.3 is 4.90 Å². The Labute approximate surface area is 171 Å². The summed E-state index contributed by atoms with van der Waals surface area (Å²) in [6.45, 7) is 7.64. The fourth-order valence-corrected chi connectivity index (χ4v) is 3.90. The molecule has 2 aromatic carbocycles. The molecule has 1 aliphatic rings. The van der Waals surface area contributed by atoms with E-state index in [-0.39, 0.29) is 11.9 Å². The smallest absolute Gasteiger partial charge is 0.256 e. The lowest BCUT2D eigenvalue weighted by atomic mass is 10.1. The second-order valence-corrected chi connectivity index (χ2v) is 7.74. The maximum atomic E-state index is 13.5. The van der Waals surface area contributed by atoms with Crippen LogP contribution in [0.15, 0.2) is 60.9 Å². The number of benzene rings is 2. The molecule has 0 N–H and O–H groups in total. The number of hydrogen-bond donors (Lipinski definition) is 0. The molecule has 29 heavy (non-hydrogen) atoms. The number of carbonyl (C=O) groups excluding carboxylic acids is 1. The van der Waals surface area contributed by atoms with Gasteiger partial charge in [0.25, 0.3) is 5.91 Å². The first kappa shape index (κ1) is 19.3. The van der Waals surface area contributed by atoms with E-state index in [1.807, 2.05) is 36.1 Å². The maximum absolute atomic E-state index is 13.5. The summed E-state index contributed by atoms with van der Waals surface area (Å²) >= 11 is 0. The normalized spacial score (nSPS) is 17.9. The summed E-state index contributed by atoms with van der Waals surface area (Å²) < 4.78 is 0. The van der Waals surface area contributed by atoms with Crippen LogP contribution in [0.5, 0.6) is 0 Å². The lowest BCUT2D eigenvalue weighted by molar-refractivity contribution is 0.0700. The number of aromatic nitrogens is 3. The number of nitrogens with zero attached hydrogens (tertiary/aromatic N) is 5. The van der Waals surface area contributed by atoms with Crippen LogP contribution in [-0.2, 0) is 6.54 Å². The minimum atomic E-state index is 0.0510. The molecule has 4 rings (SSSR count). The van der Waals surface area contributed by atoms with Gasteiger partial charge in [0.2, 0.25) is 0 Å². The Kier molecular flexibility index (Phi) is 5.71. The standard InChI is InChI=1S/C23H27N5O/c1-18-8-9-22(28-24-11-12-25-28)21(16-18)23(29)27-15-14-26(13-10-19(27)2)17-20-6-4-3-5-7-20/h3-9,11-12,16,19H,10,13-15,17H2,1-2H3.